The smallest absolute Gasteiger partial charge is 0.143 e. The van der Waals surface area contributed by atoms with E-state index in [1.807, 2.05) is 4.90 Å². The van der Waals surface area contributed by atoms with Crippen LogP contribution in [0.15, 0.2) is 0 Å². The van der Waals surface area contributed by atoms with Crippen molar-refractivity contribution in [2.24, 2.45) is 5.92 Å². The Morgan fingerprint density at radius 1 is 1.40 bits per heavy atom. The molecule has 10 heavy (non-hydrogen) atoms. The normalized spacial score (nSPS) is 22.2. The minimum atomic E-state index is -0.285. The van der Waals surface area contributed by atoms with Gasteiger partial charge in [0.1, 0.15) is 6.80 Å². The summed E-state index contributed by atoms with van der Waals surface area (Å²) in [5.74, 6) is 0.563. The molecular formula is C7H13FNY-. The van der Waals surface area contributed by atoms with Gasteiger partial charge in [0.15, 0.2) is 0 Å². The fourth-order valence-electron chi connectivity index (χ4n) is 1.11. The van der Waals surface area contributed by atoms with E-state index in [1.54, 1.807) is 0 Å². The molecule has 0 aromatic carbocycles. The molecule has 1 aliphatic heterocycles. The van der Waals surface area contributed by atoms with Crippen LogP contribution in [0, 0.1) is 12.8 Å². The Balaban J connectivity index is 0.000000810. The first-order chi connectivity index (χ1) is 4.33. The Bertz CT molecular complexity index is 81.7. The molecule has 0 aromatic rings. The molecular weight excluding hydrogens is 206 g/mol. The molecule has 0 aliphatic carbocycles. The third-order valence-electron chi connectivity index (χ3n) is 1.88. The Kier molecular flexibility index (Phi) is 6.18. The summed E-state index contributed by atoms with van der Waals surface area (Å²) in [4.78, 5) is 1.82. The van der Waals surface area contributed by atoms with E-state index in [1.165, 1.54) is 0 Å². The maximum Gasteiger partial charge on any atom is 0.143 e. The predicted molar refractivity (Wildman–Crippen MR) is 35.6 cm³/mol. The summed E-state index contributed by atoms with van der Waals surface area (Å²) >= 11 is 0. The molecule has 1 nitrogen and oxygen atoms in total. The van der Waals surface area contributed by atoms with E-state index in [2.05, 4.69) is 6.92 Å². The Labute approximate surface area is 87.2 Å². The van der Waals surface area contributed by atoms with Crippen molar-refractivity contribution < 1.29 is 37.1 Å². The number of likely N-dealkylation sites (tertiary alicyclic amines) is 1. The molecule has 3 heteroatoms. The van der Waals surface area contributed by atoms with Gasteiger partial charge in [-0.3, -0.25) is 4.90 Å². The van der Waals surface area contributed by atoms with Crippen molar-refractivity contribution >= 4 is 0 Å². The van der Waals surface area contributed by atoms with Gasteiger partial charge < -0.3 is 6.92 Å². The summed E-state index contributed by atoms with van der Waals surface area (Å²) in [6, 6.07) is 0. The number of nitrogens with zero attached hydrogens (tertiary/aromatic N) is 1. The van der Waals surface area contributed by atoms with Crippen molar-refractivity contribution in [2.75, 3.05) is 19.9 Å². The molecule has 1 rings (SSSR count). The minimum Gasteiger partial charge on any atom is -0.340 e. The largest absolute Gasteiger partial charge is 0.340 e. The number of hydrogen-bond acceptors (Lipinski definition) is 1. The van der Waals surface area contributed by atoms with E-state index in [-0.39, 0.29) is 39.5 Å². The molecule has 57 valence electrons. The summed E-state index contributed by atoms with van der Waals surface area (Å²) in [5.41, 5.74) is 0. The van der Waals surface area contributed by atoms with E-state index in [4.69, 9.17) is 0 Å². The minimum absolute atomic E-state index is 0. The first kappa shape index (κ1) is 11.0. The van der Waals surface area contributed by atoms with Crippen LogP contribution in [0.5, 0.6) is 0 Å². The van der Waals surface area contributed by atoms with Crippen molar-refractivity contribution in [3.8, 4) is 0 Å². The van der Waals surface area contributed by atoms with E-state index >= 15 is 0 Å². The van der Waals surface area contributed by atoms with Crippen LogP contribution in [0.25, 0.3) is 0 Å². The Morgan fingerprint density at radius 3 is 2.30 bits per heavy atom. The third kappa shape index (κ3) is 3.40. The predicted octanol–water partition coefficient (Wildman–Crippen LogP) is 1.46. The van der Waals surface area contributed by atoms with Crippen LogP contribution in [-0.4, -0.2) is 24.8 Å². The molecule has 0 spiro atoms. The molecule has 1 saturated heterocycles. The van der Waals surface area contributed by atoms with Crippen LogP contribution in [0.2, 0.25) is 0 Å². The summed E-state index contributed by atoms with van der Waals surface area (Å²) in [6.45, 7) is 5.42. The van der Waals surface area contributed by atoms with Gasteiger partial charge in [-0.05, 0) is 13.1 Å². The summed E-state index contributed by atoms with van der Waals surface area (Å²) in [7, 11) is 0. The van der Waals surface area contributed by atoms with Crippen molar-refractivity contribution in [3.05, 3.63) is 6.92 Å². The van der Waals surface area contributed by atoms with E-state index in [0.29, 0.717) is 5.92 Å². The van der Waals surface area contributed by atoms with Gasteiger partial charge in [0.05, 0.1) is 0 Å². The van der Waals surface area contributed by atoms with E-state index < -0.39 is 0 Å². The van der Waals surface area contributed by atoms with Gasteiger partial charge >= 0.3 is 0 Å². The van der Waals surface area contributed by atoms with Crippen LogP contribution in [0.3, 0.4) is 0 Å². The molecule has 1 heterocycles. The SMILES string of the molecule is [CH2-]C1CCN(CF)CC1.[Y]. The molecule has 1 radical (unpaired) electrons. The standard InChI is InChI=1S/C7H13FN.Y/c1-7-2-4-9(6-8)5-3-7;/h7H,1-6H2;/q-1;. The second-order valence-electron chi connectivity index (χ2n) is 2.68. The van der Waals surface area contributed by atoms with Crippen LogP contribution < -0.4 is 0 Å². The molecule has 0 unspecified atom stereocenters. The van der Waals surface area contributed by atoms with Gasteiger partial charge in [-0.2, -0.15) is 5.92 Å². The van der Waals surface area contributed by atoms with E-state index in [9.17, 15) is 4.39 Å². The quantitative estimate of drug-likeness (QED) is 0.476. The van der Waals surface area contributed by atoms with Gasteiger partial charge in [0.25, 0.3) is 0 Å². The van der Waals surface area contributed by atoms with Crippen LogP contribution in [0.1, 0.15) is 12.8 Å². The molecule has 1 fully saturated rings. The second kappa shape index (κ2) is 5.62. The van der Waals surface area contributed by atoms with Crippen molar-refractivity contribution in [3.63, 3.8) is 0 Å². The zero-order valence-corrected chi connectivity index (χ0v) is 9.06. The molecule has 0 atom stereocenters. The number of rotatable bonds is 1. The fraction of sp³-hybridized carbons (Fsp3) is 0.857. The Morgan fingerprint density at radius 2 is 1.90 bits per heavy atom. The molecule has 0 N–H and O–H groups in total. The summed E-state index contributed by atoms with van der Waals surface area (Å²) in [6.07, 6.45) is 2.12. The summed E-state index contributed by atoms with van der Waals surface area (Å²) in [5, 5.41) is 0. The van der Waals surface area contributed by atoms with Crippen LogP contribution in [0.4, 0.5) is 4.39 Å². The molecule has 0 aromatic heterocycles. The van der Waals surface area contributed by atoms with Gasteiger partial charge in [-0.25, -0.2) is 4.39 Å². The van der Waals surface area contributed by atoms with Crippen molar-refractivity contribution in [1.29, 1.82) is 0 Å². The first-order valence-electron chi connectivity index (χ1n) is 3.44. The number of hydrogen-bond donors (Lipinski definition) is 0. The molecule has 0 saturated carbocycles. The number of alkyl halides is 1. The Hall–Kier alpha value is 0.994. The van der Waals surface area contributed by atoms with Gasteiger partial charge in [-0.1, -0.05) is 12.8 Å². The monoisotopic (exact) mass is 219 g/mol. The zero-order valence-electron chi connectivity index (χ0n) is 6.22. The average Bonchev–Trinajstić information content (AvgIpc) is 1.90. The number of halogens is 1. The van der Waals surface area contributed by atoms with Crippen LogP contribution >= 0.6 is 0 Å². The van der Waals surface area contributed by atoms with Gasteiger partial charge in [-0.15, -0.1) is 0 Å². The van der Waals surface area contributed by atoms with Crippen molar-refractivity contribution in [2.45, 2.75) is 12.8 Å². The summed E-state index contributed by atoms with van der Waals surface area (Å²) < 4.78 is 11.9. The van der Waals surface area contributed by atoms with Gasteiger partial charge in [0.2, 0.25) is 0 Å². The third-order valence-corrected chi connectivity index (χ3v) is 1.88. The molecule has 0 amide bonds. The van der Waals surface area contributed by atoms with Crippen LogP contribution in [-0.2, 0) is 32.7 Å². The zero-order chi connectivity index (χ0) is 6.69. The van der Waals surface area contributed by atoms with Gasteiger partial charge in [0, 0.05) is 32.7 Å². The second-order valence-corrected chi connectivity index (χ2v) is 2.68. The topological polar surface area (TPSA) is 3.24 Å². The molecule has 1 aliphatic rings. The fourth-order valence-corrected chi connectivity index (χ4v) is 1.11. The van der Waals surface area contributed by atoms with Crippen molar-refractivity contribution in [1.82, 2.24) is 4.90 Å². The molecule has 0 bridgehead atoms. The maximum absolute atomic E-state index is 11.9. The maximum atomic E-state index is 11.9. The first-order valence-corrected chi connectivity index (χ1v) is 3.44. The average molecular weight is 219 g/mol. The van der Waals surface area contributed by atoms with E-state index in [0.717, 1.165) is 25.9 Å². The number of piperidine rings is 1.